The van der Waals surface area contributed by atoms with Crippen molar-refractivity contribution in [3.63, 3.8) is 0 Å². The van der Waals surface area contributed by atoms with E-state index in [4.69, 9.17) is 4.74 Å². The quantitative estimate of drug-likeness (QED) is 0.479. The van der Waals surface area contributed by atoms with Gasteiger partial charge in [0.05, 0.1) is 26.4 Å². The summed E-state index contributed by atoms with van der Waals surface area (Å²) in [5, 5.41) is 12.8. The topological polar surface area (TPSA) is 82.1 Å². The molecule has 6 heteroatoms. The van der Waals surface area contributed by atoms with Gasteiger partial charge < -0.3 is 19.3 Å². The molecule has 150 valence electrons. The van der Waals surface area contributed by atoms with Crippen LogP contribution < -0.4 is 4.74 Å². The third-order valence-corrected chi connectivity index (χ3v) is 4.62. The molecule has 3 aromatic carbocycles. The monoisotopic (exact) mass is 394 g/mol. The fourth-order valence-electron chi connectivity index (χ4n) is 3.13. The number of fused-ring (bicyclic) bond motifs is 1. The molecule has 3 rings (SSSR count). The number of phenolic OH excluding ortho intramolecular Hbond substituents is 1. The van der Waals surface area contributed by atoms with Crippen molar-refractivity contribution in [1.82, 2.24) is 0 Å². The van der Waals surface area contributed by atoms with E-state index >= 15 is 0 Å². The molecule has 0 aromatic heterocycles. The van der Waals surface area contributed by atoms with Gasteiger partial charge in [0.15, 0.2) is 11.5 Å². The molecule has 0 fully saturated rings. The lowest BCUT2D eigenvalue weighted by atomic mass is 10.0. The van der Waals surface area contributed by atoms with E-state index in [1.54, 1.807) is 0 Å². The van der Waals surface area contributed by atoms with Gasteiger partial charge >= 0.3 is 11.9 Å². The maximum Gasteiger partial charge on any atom is 0.342 e. The molecule has 0 aliphatic heterocycles. The number of carbonyl (C=O) groups is 2. The molecule has 6 nitrogen and oxygen atoms in total. The molecule has 0 atom stereocenters. The predicted octanol–water partition coefficient (Wildman–Crippen LogP) is 4.13. The lowest BCUT2D eigenvalue weighted by Gasteiger charge is -2.13. The van der Waals surface area contributed by atoms with Crippen molar-refractivity contribution in [3.8, 4) is 11.5 Å². The van der Waals surface area contributed by atoms with Crippen LogP contribution >= 0.6 is 0 Å². The van der Waals surface area contributed by atoms with E-state index in [-0.39, 0.29) is 16.9 Å². The molecule has 29 heavy (non-hydrogen) atoms. The van der Waals surface area contributed by atoms with Gasteiger partial charge in [0.25, 0.3) is 0 Å². The smallest absolute Gasteiger partial charge is 0.342 e. The van der Waals surface area contributed by atoms with Crippen molar-refractivity contribution in [2.45, 2.75) is 12.8 Å². The fourth-order valence-corrected chi connectivity index (χ4v) is 3.13. The number of hydrogen-bond acceptors (Lipinski definition) is 6. The zero-order valence-electron chi connectivity index (χ0n) is 16.3. The molecule has 0 radical (unpaired) electrons. The van der Waals surface area contributed by atoms with E-state index in [2.05, 4.69) is 39.8 Å². The molecular formula is C23H22O6. The first-order valence-corrected chi connectivity index (χ1v) is 9.18. The average Bonchev–Trinajstić information content (AvgIpc) is 2.76. The second kappa shape index (κ2) is 9.10. The molecule has 0 aliphatic carbocycles. The van der Waals surface area contributed by atoms with Gasteiger partial charge in [-0.25, -0.2) is 9.59 Å². The van der Waals surface area contributed by atoms with E-state index in [0.717, 1.165) is 6.42 Å². The SMILES string of the molecule is COC(=O)c1ccc(OCCCc2ccc3ccccc3c2)c(O)c1C(=O)OC. The van der Waals surface area contributed by atoms with Gasteiger partial charge in [-0.3, -0.25) is 0 Å². The molecule has 3 aromatic rings. The minimum Gasteiger partial charge on any atom is -0.504 e. The van der Waals surface area contributed by atoms with E-state index in [9.17, 15) is 14.7 Å². The van der Waals surface area contributed by atoms with Crippen molar-refractivity contribution < 1.29 is 28.9 Å². The number of carbonyl (C=O) groups excluding carboxylic acids is 2. The summed E-state index contributed by atoms with van der Waals surface area (Å²) < 4.78 is 14.9. The van der Waals surface area contributed by atoms with Gasteiger partial charge in [0.2, 0.25) is 0 Å². The van der Waals surface area contributed by atoms with Gasteiger partial charge in [0, 0.05) is 0 Å². The van der Waals surface area contributed by atoms with Crippen molar-refractivity contribution in [2.75, 3.05) is 20.8 Å². The standard InChI is InChI=1S/C23H22O6/c1-27-22(25)18-11-12-19(21(24)20(18)23(26)28-2)29-13-5-6-15-9-10-16-7-3-4-8-17(16)14-15/h3-4,7-12,14,24H,5-6,13H2,1-2H3. The summed E-state index contributed by atoms with van der Waals surface area (Å²) in [5.41, 5.74) is 0.833. The summed E-state index contributed by atoms with van der Waals surface area (Å²) in [6, 6.07) is 17.3. The van der Waals surface area contributed by atoms with Crippen molar-refractivity contribution in [1.29, 1.82) is 0 Å². The summed E-state index contributed by atoms with van der Waals surface area (Å²) in [6.45, 7) is 0.332. The Morgan fingerprint density at radius 1 is 0.897 bits per heavy atom. The van der Waals surface area contributed by atoms with Crippen LogP contribution in [0.1, 0.15) is 32.7 Å². The third-order valence-electron chi connectivity index (χ3n) is 4.62. The van der Waals surface area contributed by atoms with Gasteiger partial charge in [-0.15, -0.1) is 0 Å². The first kappa shape index (κ1) is 20.2. The lowest BCUT2D eigenvalue weighted by Crippen LogP contribution is -2.13. The van der Waals surface area contributed by atoms with E-state index in [1.165, 1.54) is 42.7 Å². The zero-order valence-corrected chi connectivity index (χ0v) is 16.3. The number of phenols is 1. The first-order chi connectivity index (χ1) is 14.0. The molecule has 0 saturated heterocycles. The Hall–Kier alpha value is -3.54. The normalized spacial score (nSPS) is 10.6. The Labute approximate surface area is 168 Å². The Kier molecular flexibility index (Phi) is 6.34. The maximum absolute atomic E-state index is 12.0. The molecular weight excluding hydrogens is 372 g/mol. The molecule has 0 bridgehead atoms. The first-order valence-electron chi connectivity index (χ1n) is 9.18. The minimum atomic E-state index is -0.843. The van der Waals surface area contributed by atoms with Crippen LogP contribution in [0.25, 0.3) is 10.8 Å². The van der Waals surface area contributed by atoms with Crippen LogP contribution in [0.3, 0.4) is 0 Å². The molecule has 0 amide bonds. The summed E-state index contributed by atoms with van der Waals surface area (Å²) in [4.78, 5) is 23.9. The minimum absolute atomic E-state index is 0.0830. The van der Waals surface area contributed by atoms with Crippen LogP contribution in [0.2, 0.25) is 0 Å². The van der Waals surface area contributed by atoms with Crippen LogP contribution in [-0.4, -0.2) is 37.9 Å². The van der Waals surface area contributed by atoms with Crippen molar-refractivity contribution >= 4 is 22.7 Å². The average molecular weight is 394 g/mol. The number of methoxy groups -OCH3 is 2. The number of aromatic hydroxyl groups is 1. The van der Waals surface area contributed by atoms with Crippen LogP contribution in [0.4, 0.5) is 0 Å². The zero-order chi connectivity index (χ0) is 20.8. The number of ether oxygens (including phenoxy) is 3. The largest absolute Gasteiger partial charge is 0.504 e. The molecule has 0 unspecified atom stereocenters. The summed E-state index contributed by atoms with van der Waals surface area (Å²) >= 11 is 0. The van der Waals surface area contributed by atoms with Crippen LogP contribution in [0.5, 0.6) is 11.5 Å². The predicted molar refractivity (Wildman–Crippen MR) is 109 cm³/mol. The second-order valence-electron chi connectivity index (χ2n) is 6.45. The Bertz CT molecular complexity index is 1040. The Morgan fingerprint density at radius 3 is 2.34 bits per heavy atom. The highest BCUT2D eigenvalue weighted by Gasteiger charge is 2.25. The van der Waals surface area contributed by atoms with Crippen molar-refractivity contribution in [2.24, 2.45) is 0 Å². The van der Waals surface area contributed by atoms with E-state index in [1.807, 2.05) is 12.1 Å². The molecule has 0 spiro atoms. The van der Waals surface area contributed by atoms with Crippen molar-refractivity contribution in [3.05, 3.63) is 71.3 Å². The highest BCUT2D eigenvalue weighted by Crippen LogP contribution is 2.33. The summed E-state index contributed by atoms with van der Waals surface area (Å²) in [6.07, 6.45) is 1.51. The summed E-state index contributed by atoms with van der Waals surface area (Å²) in [5.74, 6) is -1.92. The van der Waals surface area contributed by atoms with E-state index in [0.29, 0.717) is 13.0 Å². The van der Waals surface area contributed by atoms with E-state index < -0.39 is 17.7 Å². The van der Waals surface area contributed by atoms with Gasteiger partial charge in [0.1, 0.15) is 5.56 Å². The number of aryl methyl sites for hydroxylation is 1. The van der Waals surface area contributed by atoms with Crippen LogP contribution in [0, 0.1) is 0 Å². The van der Waals surface area contributed by atoms with Gasteiger partial charge in [-0.2, -0.15) is 0 Å². The second-order valence-corrected chi connectivity index (χ2v) is 6.45. The number of hydrogen-bond donors (Lipinski definition) is 1. The molecule has 0 saturated carbocycles. The maximum atomic E-state index is 12.0. The number of rotatable bonds is 7. The van der Waals surface area contributed by atoms with Crippen LogP contribution in [-0.2, 0) is 15.9 Å². The lowest BCUT2D eigenvalue weighted by molar-refractivity contribution is 0.0551. The summed E-state index contributed by atoms with van der Waals surface area (Å²) in [7, 11) is 2.36. The van der Waals surface area contributed by atoms with Gasteiger partial charge in [-0.05, 0) is 41.3 Å². The highest BCUT2D eigenvalue weighted by molar-refractivity contribution is 6.05. The Balaban J connectivity index is 1.68. The number of benzene rings is 3. The van der Waals surface area contributed by atoms with Crippen LogP contribution in [0.15, 0.2) is 54.6 Å². The highest BCUT2D eigenvalue weighted by atomic mass is 16.5. The molecule has 1 N–H and O–H groups in total. The van der Waals surface area contributed by atoms with Gasteiger partial charge in [-0.1, -0.05) is 42.5 Å². The fraction of sp³-hybridized carbons (Fsp3) is 0.217. The molecule has 0 heterocycles. The molecule has 0 aliphatic rings. The number of esters is 2. The Morgan fingerprint density at radius 2 is 1.62 bits per heavy atom. The third kappa shape index (κ3) is 4.48.